The topological polar surface area (TPSA) is 29.1 Å². The van der Waals surface area contributed by atoms with Crippen molar-refractivity contribution in [3.05, 3.63) is 29.8 Å². The molecule has 69 valence electrons. The number of hydrogen-bond donors (Lipinski definition) is 1. The van der Waals surface area contributed by atoms with Crippen LogP contribution in [0.1, 0.15) is 18.9 Å². The van der Waals surface area contributed by atoms with Crippen molar-refractivity contribution < 1.29 is 4.79 Å². The van der Waals surface area contributed by atoms with Gasteiger partial charge in [0, 0.05) is 5.69 Å². The molecule has 0 aliphatic heterocycles. The molecule has 0 fully saturated rings. The molecule has 13 heavy (non-hydrogen) atoms. The van der Waals surface area contributed by atoms with E-state index in [1.807, 2.05) is 12.1 Å². The minimum Gasteiger partial charge on any atom is -0.377 e. The second kappa shape index (κ2) is 5.36. The summed E-state index contributed by atoms with van der Waals surface area (Å²) in [5, 5.41) is 2.97. The van der Waals surface area contributed by atoms with Gasteiger partial charge in [-0.3, -0.25) is 4.79 Å². The standard InChI is InChI=1S/C11H14NO/c1-2-4-10-5-3-6-11(9-10)12-7-8-13/h3,5-6,9,12H,2,4,7H2,1H3. The quantitative estimate of drug-likeness (QED) is 0.744. The SMILES string of the molecule is CCCc1cccc(NC[C]=O)c1. The van der Waals surface area contributed by atoms with E-state index in [2.05, 4.69) is 24.4 Å². The summed E-state index contributed by atoms with van der Waals surface area (Å²) < 4.78 is 0. The van der Waals surface area contributed by atoms with Gasteiger partial charge in [0.05, 0.1) is 6.54 Å². The number of anilines is 1. The van der Waals surface area contributed by atoms with Gasteiger partial charge in [-0.1, -0.05) is 25.5 Å². The molecule has 0 saturated carbocycles. The molecule has 0 heterocycles. The summed E-state index contributed by atoms with van der Waals surface area (Å²) in [6, 6.07) is 8.12. The Bertz CT molecular complexity index is 271. The average molecular weight is 176 g/mol. The largest absolute Gasteiger partial charge is 0.377 e. The van der Waals surface area contributed by atoms with Crippen LogP contribution in [-0.4, -0.2) is 12.8 Å². The van der Waals surface area contributed by atoms with Crippen LogP contribution in [0.4, 0.5) is 5.69 Å². The number of aryl methyl sites for hydroxylation is 1. The summed E-state index contributed by atoms with van der Waals surface area (Å²) in [5.41, 5.74) is 2.30. The zero-order chi connectivity index (χ0) is 9.52. The molecule has 0 aromatic heterocycles. The summed E-state index contributed by atoms with van der Waals surface area (Å²) in [6.07, 6.45) is 4.03. The minimum atomic E-state index is 0.260. The Morgan fingerprint density at radius 1 is 1.46 bits per heavy atom. The predicted octanol–water partition coefficient (Wildman–Crippen LogP) is 2.16. The van der Waals surface area contributed by atoms with Crippen molar-refractivity contribution in [2.24, 2.45) is 0 Å². The lowest BCUT2D eigenvalue weighted by Gasteiger charge is -2.04. The van der Waals surface area contributed by atoms with E-state index < -0.39 is 0 Å². The average Bonchev–Trinajstić information content (AvgIpc) is 2.16. The fraction of sp³-hybridized carbons (Fsp3) is 0.364. The molecule has 1 rings (SSSR count). The lowest BCUT2D eigenvalue weighted by atomic mass is 10.1. The first-order chi connectivity index (χ1) is 6.36. The fourth-order valence-corrected chi connectivity index (χ4v) is 1.26. The van der Waals surface area contributed by atoms with Crippen molar-refractivity contribution in [3.63, 3.8) is 0 Å². The molecule has 0 saturated heterocycles. The highest BCUT2D eigenvalue weighted by molar-refractivity contribution is 5.60. The van der Waals surface area contributed by atoms with E-state index in [0.717, 1.165) is 18.5 Å². The summed E-state index contributed by atoms with van der Waals surface area (Å²) in [5.74, 6) is 0. The molecule has 1 radical (unpaired) electrons. The van der Waals surface area contributed by atoms with Gasteiger partial charge < -0.3 is 5.32 Å². The molecule has 0 amide bonds. The highest BCUT2D eigenvalue weighted by atomic mass is 16.1. The van der Waals surface area contributed by atoms with Crippen LogP contribution in [-0.2, 0) is 11.2 Å². The molecule has 0 bridgehead atoms. The molecule has 0 spiro atoms. The first-order valence-electron chi connectivity index (χ1n) is 4.54. The lowest BCUT2D eigenvalue weighted by Crippen LogP contribution is -2.01. The summed E-state index contributed by atoms with van der Waals surface area (Å²) >= 11 is 0. The van der Waals surface area contributed by atoms with Crippen molar-refractivity contribution in [2.75, 3.05) is 11.9 Å². The van der Waals surface area contributed by atoms with E-state index in [1.165, 1.54) is 5.56 Å². The molecule has 0 aliphatic carbocycles. The van der Waals surface area contributed by atoms with E-state index in [9.17, 15) is 4.79 Å². The molecule has 0 unspecified atom stereocenters. The number of carbonyl (C=O) groups excluding carboxylic acids is 1. The van der Waals surface area contributed by atoms with E-state index in [-0.39, 0.29) is 6.54 Å². The van der Waals surface area contributed by atoms with Crippen LogP contribution in [0.2, 0.25) is 0 Å². The number of benzene rings is 1. The van der Waals surface area contributed by atoms with Gasteiger partial charge in [-0.15, -0.1) is 0 Å². The van der Waals surface area contributed by atoms with Crippen LogP contribution in [0.5, 0.6) is 0 Å². The van der Waals surface area contributed by atoms with Crippen molar-refractivity contribution in [1.29, 1.82) is 0 Å². The zero-order valence-electron chi connectivity index (χ0n) is 7.84. The van der Waals surface area contributed by atoms with Crippen LogP contribution in [0.15, 0.2) is 24.3 Å². The molecule has 0 aliphatic rings. The van der Waals surface area contributed by atoms with E-state index >= 15 is 0 Å². The number of hydrogen-bond acceptors (Lipinski definition) is 2. The number of nitrogens with one attached hydrogen (secondary N) is 1. The lowest BCUT2D eigenvalue weighted by molar-refractivity contribution is 0.557. The first kappa shape index (κ1) is 9.78. The van der Waals surface area contributed by atoms with Crippen LogP contribution >= 0.6 is 0 Å². The van der Waals surface area contributed by atoms with Gasteiger partial charge in [-0.2, -0.15) is 0 Å². The van der Waals surface area contributed by atoms with Gasteiger partial charge >= 0.3 is 0 Å². The Hall–Kier alpha value is -1.31. The van der Waals surface area contributed by atoms with Crippen LogP contribution in [0.3, 0.4) is 0 Å². The molecular formula is C11H14NO. The minimum absolute atomic E-state index is 0.260. The normalized spacial score (nSPS) is 9.62. The highest BCUT2D eigenvalue weighted by Gasteiger charge is 1.93. The van der Waals surface area contributed by atoms with Gasteiger partial charge in [0.15, 0.2) is 0 Å². The second-order valence-electron chi connectivity index (χ2n) is 2.95. The van der Waals surface area contributed by atoms with Crippen molar-refractivity contribution >= 4 is 12.0 Å². The van der Waals surface area contributed by atoms with Crippen LogP contribution in [0.25, 0.3) is 0 Å². The molecule has 0 atom stereocenters. The van der Waals surface area contributed by atoms with Gasteiger partial charge in [0.1, 0.15) is 0 Å². The Morgan fingerprint density at radius 2 is 2.31 bits per heavy atom. The van der Waals surface area contributed by atoms with E-state index in [0.29, 0.717) is 0 Å². The van der Waals surface area contributed by atoms with Crippen LogP contribution in [0, 0.1) is 0 Å². The van der Waals surface area contributed by atoms with E-state index in [1.54, 1.807) is 6.29 Å². The summed E-state index contributed by atoms with van der Waals surface area (Å²) in [4.78, 5) is 10.0. The predicted molar refractivity (Wildman–Crippen MR) is 54.6 cm³/mol. The zero-order valence-corrected chi connectivity index (χ0v) is 7.84. The molecule has 1 aromatic rings. The monoisotopic (exact) mass is 176 g/mol. The molecular weight excluding hydrogens is 162 g/mol. The maximum Gasteiger partial charge on any atom is 0.219 e. The van der Waals surface area contributed by atoms with Gasteiger partial charge in [-0.25, -0.2) is 0 Å². The van der Waals surface area contributed by atoms with Gasteiger partial charge in [0.25, 0.3) is 0 Å². The summed E-state index contributed by atoms with van der Waals surface area (Å²) in [6.45, 7) is 2.41. The van der Waals surface area contributed by atoms with Gasteiger partial charge in [0.2, 0.25) is 6.29 Å². The maximum absolute atomic E-state index is 10.0. The summed E-state index contributed by atoms with van der Waals surface area (Å²) in [7, 11) is 0. The van der Waals surface area contributed by atoms with Crippen molar-refractivity contribution in [2.45, 2.75) is 19.8 Å². The van der Waals surface area contributed by atoms with Gasteiger partial charge in [-0.05, 0) is 24.1 Å². The third kappa shape index (κ3) is 3.28. The van der Waals surface area contributed by atoms with Crippen molar-refractivity contribution in [1.82, 2.24) is 0 Å². The molecule has 1 aromatic carbocycles. The fourth-order valence-electron chi connectivity index (χ4n) is 1.26. The maximum atomic E-state index is 10.0. The number of rotatable bonds is 5. The third-order valence-corrected chi connectivity index (χ3v) is 1.83. The molecule has 2 heteroatoms. The van der Waals surface area contributed by atoms with Crippen LogP contribution < -0.4 is 5.32 Å². The first-order valence-corrected chi connectivity index (χ1v) is 4.54. The van der Waals surface area contributed by atoms with E-state index in [4.69, 9.17) is 0 Å². The Balaban J connectivity index is 2.61. The second-order valence-corrected chi connectivity index (χ2v) is 2.95. The Morgan fingerprint density at radius 3 is 3.00 bits per heavy atom. The smallest absolute Gasteiger partial charge is 0.219 e. The molecule has 2 nitrogen and oxygen atoms in total. The molecule has 1 N–H and O–H groups in total. The van der Waals surface area contributed by atoms with Crippen molar-refractivity contribution in [3.8, 4) is 0 Å². The highest BCUT2D eigenvalue weighted by Crippen LogP contribution is 2.11. The third-order valence-electron chi connectivity index (χ3n) is 1.83. The Kier molecular flexibility index (Phi) is 4.03. The Labute approximate surface area is 79.0 Å².